The van der Waals surface area contributed by atoms with E-state index >= 15 is 0 Å². The van der Waals surface area contributed by atoms with E-state index in [4.69, 9.17) is 9.84 Å². The van der Waals surface area contributed by atoms with Crippen LogP contribution >= 0.6 is 0 Å². The minimum atomic E-state index is -0.933. The molecular formula is C17H26O3. The zero-order chi connectivity index (χ0) is 15.0. The van der Waals surface area contributed by atoms with E-state index < -0.39 is 12.1 Å². The second-order valence-corrected chi connectivity index (χ2v) is 5.33. The Morgan fingerprint density at radius 2 is 2.00 bits per heavy atom. The van der Waals surface area contributed by atoms with Crippen LogP contribution in [0.25, 0.3) is 0 Å². The Kier molecular flexibility index (Phi) is 7.13. The minimum absolute atomic E-state index is 0.639. The number of hydrogen-bond acceptors (Lipinski definition) is 2. The number of ether oxygens (including phenoxy) is 1. The molecule has 112 valence electrons. The first-order valence-corrected chi connectivity index (χ1v) is 7.55. The van der Waals surface area contributed by atoms with Crippen LogP contribution in [-0.2, 0) is 11.2 Å². The van der Waals surface area contributed by atoms with Crippen molar-refractivity contribution in [2.75, 3.05) is 0 Å². The second-order valence-electron chi connectivity index (χ2n) is 5.33. The molecule has 0 heterocycles. The Morgan fingerprint density at radius 3 is 2.60 bits per heavy atom. The molecule has 3 nitrogen and oxygen atoms in total. The summed E-state index contributed by atoms with van der Waals surface area (Å²) < 4.78 is 5.56. The summed E-state index contributed by atoms with van der Waals surface area (Å²) in [6.07, 6.45) is 4.96. The van der Waals surface area contributed by atoms with Gasteiger partial charge in [-0.3, -0.25) is 0 Å². The highest BCUT2D eigenvalue weighted by Crippen LogP contribution is 2.26. The molecule has 0 radical (unpaired) electrons. The topological polar surface area (TPSA) is 46.5 Å². The maximum atomic E-state index is 10.9. The van der Waals surface area contributed by atoms with Crippen molar-refractivity contribution in [3.05, 3.63) is 29.8 Å². The van der Waals surface area contributed by atoms with Gasteiger partial charge >= 0.3 is 5.97 Å². The van der Waals surface area contributed by atoms with Crippen molar-refractivity contribution in [3.8, 4) is 5.75 Å². The summed E-state index contributed by atoms with van der Waals surface area (Å²) in [5.41, 5.74) is 1.11. The highest BCUT2D eigenvalue weighted by Gasteiger charge is 2.16. The van der Waals surface area contributed by atoms with Crippen LogP contribution in [0.3, 0.4) is 0 Å². The van der Waals surface area contributed by atoms with Gasteiger partial charge in [0.1, 0.15) is 5.75 Å². The number of unbranched alkanes of at least 4 members (excludes halogenated alkanes) is 1. The third-order valence-corrected chi connectivity index (χ3v) is 3.68. The van der Waals surface area contributed by atoms with Crippen molar-refractivity contribution in [3.63, 3.8) is 0 Å². The first kappa shape index (κ1) is 16.5. The summed E-state index contributed by atoms with van der Waals surface area (Å²) in [5, 5.41) is 8.95. The van der Waals surface area contributed by atoms with E-state index in [1.807, 2.05) is 24.3 Å². The molecule has 0 saturated carbocycles. The van der Waals surface area contributed by atoms with Gasteiger partial charge in [0, 0.05) is 0 Å². The van der Waals surface area contributed by atoms with Gasteiger partial charge in [-0.15, -0.1) is 0 Å². The molecule has 0 amide bonds. The van der Waals surface area contributed by atoms with Crippen LogP contribution in [-0.4, -0.2) is 17.2 Å². The number of aliphatic carboxylic acids is 1. The lowest BCUT2D eigenvalue weighted by Gasteiger charge is -2.18. The SMILES string of the molecule is CCCCC(CC)Cc1ccccc1OC(C)C(=O)O. The highest BCUT2D eigenvalue weighted by atomic mass is 16.5. The normalized spacial score (nSPS) is 13.8. The third-order valence-electron chi connectivity index (χ3n) is 3.68. The molecule has 0 aliphatic heterocycles. The van der Waals surface area contributed by atoms with Gasteiger partial charge in [0.2, 0.25) is 0 Å². The Morgan fingerprint density at radius 1 is 1.30 bits per heavy atom. The van der Waals surface area contributed by atoms with Crippen LogP contribution < -0.4 is 4.74 Å². The Bertz CT molecular complexity index is 414. The van der Waals surface area contributed by atoms with E-state index in [2.05, 4.69) is 13.8 Å². The number of hydrogen-bond donors (Lipinski definition) is 1. The molecule has 1 aromatic carbocycles. The quantitative estimate of drug-likeness (QED) is 0.732. The van der Waals surface area contributed by atoms with Crippen molar-refractivity contribution in [1.29, 1.82) is 0 Å². The number of rotatable bonds is 9. The van der Waals surface area contributed by atoms with Gasteiger partial charge in [0.25, 0.3) is 0 Å². The van der Waals surface area contributed by atoms with Crippen molar-refractivity contribution < 1.29 is 14.6 Å². The summed E-state index contributed by atoms with van der Waals surface area (Å²) >= 11 is 0. The van der Waals surface area contributed by atoms with Gasteiger partial charge in [0.15, 0.2) is 6.10 Å². The van der Waals surface area contributed by atoms with Gasteiger partial charge in [-0.05, 0) is 30.9 Å². The van der Waals surface area contributed by atoms with Crippen molar-refractivity contribution in [2.45, 2.75) is 59.0 Å². The summed E-state index contributed by atoms with van der Waals surface area (Å²) in [7, 11) is 0. The smallest absolute Gasteiger partial charge is 0.344 e. The maximum Gasteiger partial charge on any atom is 0.344 e. The predicted octanol–water partition coefficient (Wildman–Crippen LogP) is 4.30. The molecule has 0 bridgehead atoms. The molecule has 1 aromatic rings. The lowest BCUT2D eigenvalue weighted by Crippen LogP contribution is -2.23. The van der Waals surface area contributed by atoms with E-state index in [0.717, 1.165) is 18.4 Å². The molecule has 0 aromatic heterocycles. The predicted molar refractivity (Wildman–Crippen MR) is 81.2 cm³/mol. The summed E-state index contributed by atoms with van der Waals surface area (Å²) in [6, 6.07) is 7.78. The summed E-state index contributed by atoms with van der Waals surface area (Å²) in [6.45, 7) is 5.98. The zero-order valence-electron chi connectivity index (χ0n) is 12.8. The molecule has 0 fully saturated rings. The molecule has 0 aliphatic carbocycles. The van der Waals surface area contributed by atoms with E-state index in [9.17, 15) is 4.79 Å². The summed E-state index contributed by atoms with van der Waals surface area (Å²) in [4.78, 5) is 10.9. The molecule has 2 unspecified atom stereocenters. The maximum absolute atomic E-state index is 10.9. The number of para-hydroxylation sites is 1. The Balaban J connectivity index is 2.76. The molecule has 0 spiro atoms. The van der Waals surface area contributed by atoms with Crippen LogP contribution in [0.4, 0.5) is 0 Å². The van der Waals surface area contributed by atoms with Gasteiger partial charge in [-0.2, -0.15) is 0 Å². The highest BCUT2D eigenvalue weighted by molar-refractivity contribution is 5.72. The fraction of sp³-hybridized carbons (Fsp3) is 0.588. The van der Waals surface area contributed by atoms with E-state index in [1.165, 1.54) is 19.3 Å². The lowest BCUT2D eigenvalue weighted by molar-refractivity contribution is -0.144. The van der Waals surface area contributed by atoms with Gasteiger partial charge in [-0.25, -0.2) is 4.79 Å². The Hall–Kier alpha value is -1.51. The zero-order valence-corrected chi connectivity index (χ0v) is 12.8. The van der Waals surface area contributed by atoms with E-state index in [0.29, 0.717) is 11.7 Å². The van der Waals surface area contributed by atoms with Crippen LogP contribution in [0.5, 0.6) is 5.75 Å². The van der Waals surface area contributed by atoms with Gasteiger partial charge in [0.05, 0.1) is 0 Å². The van der Waals surface area contributed by atoms with E-state index in [1.54, 1.807) is 6.92 Å². The van der Waals surface area contributed by atoms with Crippen LogP contribution in [0.1, 0.15) is 52.0 Å². The second kappa shape index (κ2) is 8.62. The molecule has 1 N–H and O–H groups in total. The number of carboxylic acid groups (broad SMARTS) is 1. The third kappa shape index (κ3) is 5.24. The first-order chi connectivity index (χ1) is 9.58. The van der Waals surface area contributed by atoms with Crippen LogP contribution in [0.2, 0.25) is 0 Å². The number of carboxylic acids is 1. The average molecular weight is 278 g/mol. The lowest BCUT2D eigenvalue weighted by atomic mass is 9.91. The largest absolute Gasteiger partial charge is 0.479 e. The molecule has 0 aliphatic rings. The molecule has 2 atom stereocenters. The molecule has 20 heavy (non-hydrogen) atoms. The average Bonchev–Trinajstić information content (AvgIpc) is 2.44. The molecular weight excluding hydrogens is 252 g/mol. The van der Waals surface area contributed by atoms with Crippen LogP contribution in [0, 0.1) is 5.92 Å². The molecule has 0 saturated heterocycles. The van der Waals surface area contributed by atoms with Crippen LogP contribution in [0.15, 0.2) is 24.3 Å². The fourth-order valence-electron chi connectivity index (χ4n) is 2.28. The van der Waals surface area contributed by atoms with E-state index in [-0.39, 0.29) is 0 Å². The van der Waals surface area contributed by atoms with Gasteiger partial charge < -0.3 is 9.84 Å². The monoisotopic (exact) mass is 278 g/mol. The first-order valence-electron chi connectivity index (χ1n) is 7.55. The standard InChI is InChI=1S/C17H26O3/c1-4-6-9-14(5-2)12-15-10-7-8-11-16(15)20-13(3)17(18)19/h7-8,10-11,13-14H,4-6,9,12H2,1-3H3,(H,18,19). The van der Waals surface area contributed by atoms with Crippen molar-refractivity contribution in [1.82, 2.24) is 0 Å². The van der Waals surface area contributed by atoms with Gasteiger partial charge in [-0.1, -0.05) is 57.7 Å². The minimum Gasteiger partial charge on any atom is -0.479 e. The van der Waals surface area contributed by atoms with Crippen molar-refractivity contribution >= 4 is 5.97 Å². The molecule has 1 rings (SSSR count). The summed E-state index contributed by atoms with van der Waals surface area (Å²) in [5.74, 6) is 0.412. The fourth-order valence-corrected chi connectivity index (χ4v) is 2.28. The van der Waals surface area contributed by atoms with Crippen molar-refractivity contribution in [2.24, 2.45) is 5.92 Å². The number of benzene rings is 1. The molecule has 3 heteroatoms. The number of carbonyl (C=O) groups is 1. The Labute approximate surface area is 122 Å².